The van der Waals surface area contributed by atoms with Crippen LogP contribution in [0.3, 0.4) is 0 Å². The van der Waals surface area contributed by atoms with Gasteiger partial charge in [0.15, 0.2) is 11.5 Å². The molecule has 1 N–H and O–H groups in total. The van der Waals surface area contributed by atoms with Crippen molar-refractivity contribution < 1.29 is 9.47 Å². The van der Waals surface area contributed by atoms with E-state index in [-0.39, 0.29) is 0 Å². The van der Waals surface area contributed by atoms with Gasteiger partial charge in [0.2, 0.25) is 0 Å². The van der Waals surface area contributed by atoms with E-state index in [1.807, 2.05) is 18.2 Å². The van der Waals surface area contributed by atoms with Crippen molar-refractivity contribution in [2.45, 2.75) is 32.6 Å². The molecule has 0 aliphatic heterocycles. The Morgan fingerprint density at radius 3 is 2.74 bits per heavy atom. The standard InChI is InChI=1S/C16H25NO2/c1-13-7-8-15(16(11-13)18-2)19-10-9-17-12-14-5-3-4-6-14/h7-8,11,14,17H,3-6,9-10,12H2,1-2H3. The Bertz CT molecular complexity index is 386. The maximum Gasteiger partial charge on any atom is 0.161 e. The first-order valence-electron chi connectivity index (χ1n) is 7.28. The van der Waals surface area contributed by atoms with E-state index in [9.17, 15) is 0 Å². The highest BCUT2D eigenvalue weighted by Crippen LogP contribution is 2.27. The van der Waals surface area contributed by atoms with Gasteiger partial charge >= 0.3 is 0 Å². The summed E-state index contributed by atoms with van der Waals surface area (Å²) in [5.41, 5.74) is 1.18. The smallest absolute Gasteiger partial charge is 0.161 e. The van der Waals surface area contributed by atoms with Crippen molar-refractivity contribution in [3.8, 4) is 11.5 Å². The number of hydrogen-bond donors (Lipinski definition) is 1. The number of methoxy groups -OCH3 is 1. The van der Waals surface area contributed by atoms with Crippen molar-refractivity contribution in [1.82, 2.24) is 5.32 Å². The van der Waals surface area contributed by atoms with Gasteiger partial charge in [0.05, 0.1) is 7.11 Å². The molecule has 0 spiro atoms. The molecule has 2 rings (SSSR count). The number of nitrogens with one attached hydrogen (secondary N) is 1. The third-order valence-electron chi connectivity index (χ3n) is 3.76. The maximum atomic E-state index is 5.76. The van der Waals surface area contributed by atoms with E-state index in [4.69, 9.17) is 9.47 Å². The van der Waals surface area contributed by atoms with Crippen molar-refractivity contribution in [2.24, 2.45) is 5.92 Å². The second kappa shape index (κ2) is 7.39. The fourth-order valence-corrected chi connectivity index (χ4v) is 2.65. The molecule has 0 bridgehead atoms. The fraction of sp³-hybridized carbons (Fsp3) is 0.625. The highest BCUT2D eigenvalue weighted by Gasteiger charge is 2.13. The first-order valence-corrected chi connectivity index (χ1v) is 7.28. The monoisotopic (exact) mass is 263 g/mol. The van der Waals surface area contributed by atoms with Crippen LogP contribution in [-0.4, -0.2) is 26.8 Å². The minimum atomic E-state index is 0.687. The largest absolute Gasteiger partial charge is 0.493 e. The average molecular weight is 263 g/mol. The third kappa shape index (κ3) is 4.43. The predicted octanol–water partition coefficient (Wildman–Crippen LogP) is 3.16. The highest BCUT2D eigenvalue weighted by atomic mass is 16.5. The lowest BCUT2D eigenvalue weighted by Gasteiger charge is -2.13. The van der Waals surface area contributed by atoms with E-state index in [0.717, 1.165) is 30.5 Å². The van der Waals surface area contributed by atoms with Crippen LogP contribution in [0.2, 0.25) is 0 Å². The quantitative estimate of drug-likeness (QED) is 0.767. The van der Waals surface area contributed by atoms with Crippen LogP contribution in [-0.2, 0) is 0 Å². The Morgan fingerprint density at radius 1 is 1.21 bits per heavy atom. The van der Waals surface area contributed by atoms with Gasteiger partial charge in [-0.25, -0.2) is 0 Å². The Balaban J connectivity index is 1.67. The highest BCUT2D eigenvalue weighted by molar-refractivity contribution is 5.42. The summed E-state index contributed by atoms with van der Waals surface area (Å²) >= 11 is 0. The number of aryl methyl sites for hydroxylation is 1. The van der Waals surface area contributed by atoms with E-state index in [1.54, 1.807) is 7.11 Å². The molecule has 3 heteroatoms. The van der Waals surface area contributed by atoms with Crippen LogP contribution in [0.4, 0.5) is 0 Å². The fourth-order valence-electron chi connectivity index (χ4n) is 2.65. The second-order valence-corrected chi connectivity index (χ2v) is 5.36. The molecule has 19 heavy (non-hydrogen) atoms. The van der Waals surface area contributed by atoms with Crippen molar-refractivity contribution in [1.29, 1.82) is 0 Å². The first kappa shape index (κ1) is 14.2. The zero-order valence-electron chi connectivity index (χ0n) is 12.1. The first-order chi connectivity index (χ1) is 9.29. The van der Waals surface area contributed by atoms with Crippen molar-refractivity contribution in [2.75, 3.05) is 26.8 Å². The molecule has 0 unspecified atom stereocenters. The van der Waals surface area contributed by atoms with E-state index in [0.29, 0.717) is 6.61 Å². The zero-order valence-corrected chi connectivity index (χ0v) is 12.1. The molecule has 1 aromatic rings. The van der Waals surface area contributed by atoms with E-state index in [2.05, 4.69) is 12.2 Å². The molecule has 0 radical (unpaired) electrons. The van der Waals surface area contributed by atoms with Crippen molar-refractivity contribution in [3.63, 3.8) is 0 Å². The normalized spacial score (nSPS) is 15.7. The van der Waals surface area contributed by atoms with Gasteiger partial charge in [0.1, 0.15) is 6.61 Å². The number of rotatable bonds is 7. The van der Waals surface area contributed by atoms with Gasteiger partial charge in [-0.1, -0.05) is 18.9 Å². The number of hydrogen-bond acceptors (Lipinski definition) is 3. The van der Waals surface area contributed by atoms with Gasteiger partial charge < -0.3 is 14.8 Å². The number of ether oxygens (including phenoxy) is 2. The molecule has 1 fully saturated rings. The molecule has 1 aliphatic rings. The molecule has 0 atom stereocenters. The van der Waals surface area contributed by atoms with Gasteiger partial charge in [0, 0.05) is 6.54 Å². The SMILES string of the molecule is COc1cc(C)ccc1OCCNCC1CCCC1. The molecular weight excluding hydrogens is 238 g/mol. The molecule has 0 aromatic heterocycles. The van der Waals surface area contributed by atoms with Gasteiger partial charge in [-0.15, -0.1) is 0 Å². The molecular formula is C16H25NO2. The van der Waals surface area contributed by atoms with Crippen LogP contribution in [0.25, 0.3) is 0 Å². The Kier molecular flexibility index (Phi) is 5.52. The van der Waals surface area contributed by atoms with E-state index in [1.165, 1.54) is 31.2 Å². The average Bonchev–Trinajstić information content (AvgIpc) is 2.93. The maximum absolute atomic E-state index is 5.76. The lowest BCUT2D eigenvalue weighted by molar-refractivity contribution is 0.289. The lowest BCUT2D eigenvalue weighted by atomic mass is 10.1. The molecule has 1 aromatic carbocycles. The Morgan fingerprint density at radius 2 is 2.00 bits per heavy atom. The van der Waals surface area contributed by atoms with Crippen molar-refractivity contribution >= 4 is 0 Å². The topological polar surface area (TPSA) is 30.5 Å². The summed E-state index contributed by atoms with van der Waals surface area (Å²) in [5, 5.41) is 3.48. The van der Waals surface area contributed by atoms with Crippen LogP contribution in [0, 0.1) is 12.8 Å². The molecule has 0 amide bonds. The molecule has 106 valence electrons. The lowest BCUT2D eigenvalue weighted by Crippen LogP contribution is -2.26. The molecule has 0 heterocycles. The van der Waals surface area contributed by atoms with Gasteiger partial charge in [-0.2, -0.15) is 0 Å². The van der Waals surface area contributed by atoms with E-state index < -0.39 is 0 Å². The Labute approximate surface area is 116 Å². The van der Waals surface area contributed by atoms with Crippen molar-refractivity contribution in [3.05, 3.63) is 23.8 Å². The second-order valence-electron chi connectivity index (χ2n) is 5.36. The van der Waals surface area contributed by atoms with Crippen LogP contribution < -0.4 is 14.8 Å². The van der Waals surface area contributed by atoms with Gasteiger partial charge in [0.25, 0.3) is 0 Å². The van der Waals surface area contributed by atoms with Crippen LogP contribution in [0.15, 0.2) is 18.2 Å². The minimum absolute atomic E-state index is 0.687. The molecule has 1 aliphatic carbocycles. The van der Waals surface area contributed by atoms with E-state index >= 15 is 0 Å². The van der Waals surface area contributed by atoms with Crippen LogP contribution in [0.1, 0.15) is 31.2 Å². The Hall–Kier alpha value is -1.22. The predicted molar refractivity (Wildman–Crippen MR) is 78.1 cm³/mol. The minimum Gasteiger partial charge on any atom is -0.493 e. The third-order valence-corrected chi connectivity index (χ3v) is 3.76. The summed E-state index contributed by atoms with van der Waals surface area (Å²) < 4.78 is 11.1. The summed E-state index contributed by atoms with van der Waals surface area (Å²) in [4.78, 5) is 0. The summed E-state index contributed by atoms with van der Waals surface area (Å²) in [5.74, 6) is 2.53. The zero-order chi connectivity index (χ0) is 13.5. The molecule has 3 nitrogen and oxygen atoms in total. The summed E-state index contributed by atoms with van der Waals surface area (Å²) in [6, 6.07) is 6.02. The van der Waals surface area contributed by atoms with Gasteiger partial charge in [-0.3, -0.25) is 0 Å². The summed E-state index contributed by atoms with van der Waals surface area (Å²) in [6.07, 6.45) is 5.59. The van der Waals surface area contributed by atoms with Gasteiger partial charge in [-0.05, 0) is 49.9 Å². The molecule has 1 saturated carbocycles. The van der Waals surface area contributed by atoms with Crippen LogP contribution >= 0.6 is 0 Å². The van der Waals surface area contributed by atoms with Crippen LogP contribution in [0.5, 0.6) is 11.5 Å². The summed E-state index contributed by atoms with van der Waals surface area (Å²) in [7, 11) is 1.68. The summed E-state index contributed by atoms with van der Waals surface area (Å²) in [6.45, 7) is 4.77. The molecule has 0 saturated heterocycles. The number of benzene rings is 1.